The summed E-state index contributed by atoms with van der Waals surface area (Å²) in [5, 5.41) is 21.5. The van der Waals surface area contributed by atoms with Crippen LogP contribution in [0.4, 0.5) is 27.5 Å². The topological polar surface area (TPSA) is 110 Å². The average Bonchev–Trinajstić information content (AvgIpc) is 2.64. The second-order valence-corrected chi connectivity index (χ2v) is 5.32. The van der Waals surface area contributed by atoms with Gasteiger partial charge in [-0.1, -0.05) is 0 Å². The van der Waals surface area contributed by atoms with Gasteiger partial charge in [-0.3, -0.25) is 30.0 Å². The van der Waals surface area contributed by atoms with Crippen molar-refractivity contribution in [1.82, 2.24) is 0 Å². The maximum atomic E-state index is 12.9. The van der Waals surface area contributed by atoms with Crippen molar-refractivity contribution in [3.05, 3.63) is 68.8 Å². The van der Waals surface area contributed by atoms with Crippen LogP contribution in [0.15, 0.2) is 48.5 Å². The zero-order chi connectivity index (χ0) is 19.3. The van der Waals surface area contributed by atoms with Gasteiger partial charge < -0.3 is 0 Å². The highest BCUT2D eigenvalue weighted by Crippen LogP contribution is 2.24. The van der Waals surface area contributed by atoms with E-state index in [1.807, 2.05) is 0 Å². The molecule has 0 saturated carbocycles. The van der Waals surface area contributed by atoms with Crippen LogP contribution in [0.5, 0.6) is 0 Å². The van der Waals surface area contributed by atoms with Crippen LogP contribution in [0.25, 0.3) is 0 Å². The van der Waals surface area contributed by atoms with E-state index in [9.17, 15) is 25.0 Å². The standard InChI is InChI=1S/C17H18N4O5/c1-3-18(13-5-9-15(10-6-13)20(23)24)17(22)19(4-2)14-7-11-16(12-8-14)21(25)26/h5-12H,3-4H2,1-2H3. The highest BCUT2D eigenvalue weighted by Gasteiger charge is 2.22. The van der Waals surface area contributed by atoms with Gasteiger partial charge in [0.1, 0.15) is 0 Å². The first-order valence-corrected chi connectivity index (χ1v) is 7.97. The number of rotatable bonds is 6. The second-order valence-electron chi connectivity index (χ2n) is 5.32. The fraction of sp³-hybridized carbons (Fsp3) is 0.235. The molecule has 0 aliphatic carbocycles. The Kier molecular flexibility index (Phi) is 5.84. The number of nitrogens with zero attached hydrogens (tertiary/aromatic N) is 4. The molecule has 0 heterocycles. The van der Waals surface area contributed by atoms with Gasteiger partial charge in [0, 0.05) is 48.7 Å². The lowest BCUT2D eigenvalue weighted by Gasteiger charge is -2.29. The van der Waals surface area contributed by atoms with E-state index in [0.29, 0.717) is 24.5 Å². The number of carbonyl (C=O) groups is 1. The average molecular weight is 358 g/mol. The first-order chi connectivity index (χ1) is 12.4. The second kappa shape index (κ2) is 8.06. The predicted octanol–water partition coefficient (Wildman–Crippen LogP) is 3.98. The molecule has 2 rings (SSSR count). The van der Waals surface area contributed by atoms with Gasteiger partial charge >= 0.3 is 6.03 Å². The molecule has 0 spiro atoms. The van der Waals surface area contributed by atoms with Gasteiger partial charge in [-0.05, 0) is 38.1 Å². The molecule has 9 heteroatoms. The molecular formula is C17H18N4O5. The Balaban J connectivity index is 2.29. The van der Waals surface area contributed by atoms with E-state index in [2.05, 4.69) is 0 Å². The van der Waals surface area contributed by atoms with Gasteiger partial charge in [-0.15, -0.1) is 0 Å². The fourth-order valence-electron chi connectivity index (χ4n) is 2.51. The lowest BCUT2D eigenvalue weighted by atomic mass is 10.2. The largest absolute Gasteiger partial charge is 0.328 e. The monoisotopic (exact) mass is 358 g/mol. The molecule has 0 aromatic heterocycles. The van der Waals surface area contributed by atoms with Crippen molar-refractivity contribution < 1.29 is 14.6 Å². The van der Waals surface area contributed by atoms with Crippen LogP contribution in [-0.2, 0) is 0 Å². The summed E-state index contributed by atoms with van der Waals surface area (Å²) in [5.41, 5.74) is 0.951. The number of hydrogen-bond acceptors (Lipinski definition) is 5. The van der Waals surface area contributed by atoms with Crippen molar-refractivity contribution in [3.8, 4) is 0 Å². The Labute approximate surface area is 149 Å². The molecule has 0 aliphatic rings. The zero-order valence-corrected chi connectivity index (χ0v) is 14.4. The maximum absolute atomic E-state index is 12.9. The van der Waals surface area contributed by atoms with Crippen LogP contribution >= 0.6 is 0 Å². The van der Waals surface area contributed by atoms with Crippen molar-refractivity contribution >= 4 is 28.8 Å². The van der Waals surface area contributed by atoms with Crippen LogP contribution < -0.4 is 9.80 Å². The Morgan fingerprint density at radius 2 is 1.08 bits per heavy atom. The lowest BCUT2D eigenvalue weighted by Crippen LogP contribution is -2.43. The summed E-state index contributed by atoms with van der Waals surface area (Å²) in [7, 11) is 0. The molecule has 0 bridgehead atoms. The Hall–Kier alpha value is -3.49. The molecule has 136 valence electrons. The predicted molar refractivity (Wildman–Crippen MR) is 97.6 cm³/mol. The molecule has 0 N–H and O–H groups in total. The van der Waals surface area contributed by atoms with Crippen molar-refractivity contribution in [2.75, 3.05) is 22.9 Å². The highest BCUT2D eigenvalue weighted by molar-refractivity contribution is 6.03. The number of hydrogen-bond donors (Lipinski definition) is 0. The number of anilines is 2. The smallest absolute Gasteiger partial charge is 0.294 e. The summed E-state index contributed by atoms with van der Waals surface area (Å²) >= 11 is 0. The van der Waals surface area contributed by atoms with E-state index >= 15 is 0 Å². The molecule has 9 nitrogen and oxygen atoms in total. The molecule has 26 heavy (non-hydrogen) atoms. The summed E-state index contributed by atoms with van der Waals surface area (Å²) in [6.07, 6.45) is 0. The van der Waals surface area contributed by atoms with E-state index in [1.54, 1.807) is 13.8 Å². The van der Waals surface area contributed by atoms with Crippen molar-refractivity contribution in [2.24, 2.45) is 0 Å². The van der Waals surface area contributed by atoms with Crippen molar-refractivity contribution in [1.29, 1.82) is 0 Å². The van der Waals surface area contributed by atoms with Crippen LogP contribution in [-0.4, -0.2) is 29.0 Å². The SMILES string of the molecule is CCN(C(=O)N(CC)c1ccc([N+](=O)[O-])cc1)c1ccc([N+](=O)[O-])cc1. The van der Waals surface area contributed by atoms with Gasteiger partial charge in [0.15, 0.2) is 0 Å². The molecule has 0 saturated heterocycles. The highest BCUT2D eigenvalue weighted by atomic mass is 16.6. The van der Waals surface area contributed by atoms with Gasteiger partial charge in [-0.2, -0.15) is 0 Å². The first-order valence-electron chi connectivity index (χ1n) is 7.97. The molecule has 2 aromatic rings. The Morgan fingerprint density at radius 3 is 1.31 bits per heavy atom. The summed E-state index contributed by atoms with van der Waals surface area (Å²) in [6.45, 7) is 4.31. The number of carbonyl (C=O) groups excluding carboxylic acids is 1. The molecule has 2 aromatic carbocycles. The third-order valence-corrected chi connectivity index (χ3v) is 3.84. The molecule has 2 amide bonds. The normalized spacial score (nSPS) is 10.2. The minimum absolute atomic E-state index is 0.0556. The minimum Gasteiger partial charge on any atom is -0.294 e. The van der Waals surface area contributed by atoms with Crippen LogP contribution in [0.3, 0.4) is 0 Å². The minimum atomic E-state index is -0.503. The lowest BCUT2D eigenvalue weighted by molar-refractivity contribution is -0.385. The van der Waals surface area contributed by atoms with E-state index in [-0.39, 0.29) is 17.4 Å². The molecule has 0 fully saturated rings. The fourth-order valence-corrected chi connectivity index (χ4v) is 2.51. The van der Waals surface area contributed by atoms with Crippen LogP contribution in [0.1, 0.15) is 13.8 Å². The number of amides is 2. The molecule has 0 aliphatic heterocycles. The number of nitro benzene ring substituents is 2. The van der Waals surface area contributed by atoms with E-state index in [4.69, 9.17) is 0 Å². The zero-order valence-electron chi connectivity index (χ0n) is 14.4. The molecular weight excluding hydrogens is 340 g/mol. The third-order valence-electron chi connectivity index (χ3n) is 3.84. The van der Waals surface area contributed by atoms with Gasteiger partial charge in [-0.25, -0.2) is 4.79 Å². The van der Waals surface area contributed by atoms with Gasteiger partial charge in [0.2, 0.25) is 0 Å². The molecule has 0 radical (unpaired) electrons. The number of benzene rings is 2. The quantitative estimate of drug-likeness (QED) is 0.573. The number of nitro groups is 2. The summed E-state index contributed by atoms with van der Waals surface area (Å²) < 4.78 is 0. The van der Waals surface area contributed by atoms with Gasteiger partial charge in [0.25, 0.3) is 11.4 Å². The van der Waals surface area contributed by atoms with E-state index < -0.39 is 9.85 Å². The first kappa shape index (κ1) is 18.8. The summed E-state index contributed by atoms with van der Waals surface area (Å²) in [5.74, 6) is 0. The Bertz CT molecular complexity index is 737. The summed E-state index contributed by atoms with van der Waals surface area (Å²) in [4.78, 5) is 36.4. The Morgan fingerprint density at radius 1 is 0.769 bits per heavy atom. The number of non-ortho nitro benzene ring substituents is 2. The third kappa shape index (κ3) is 3.94. The maximum Gasteiger partial charge on any atom is 0.328 e. The van der Waals surface area contributed by atoms with Crippen LogP contribution in [0.2, 0.25) is 0 Å². The molecule has 0 atom stereocenters. The van der Waals surface area contributed by atoms with Gasteiger partial charge in [0.05, 0.1) is 9.85 Å². The number of urea groups is 1. The van der Waals surface area contributed by atoms with Crippen molar-refractivity contribution in [3.63, 3.8) is 0 Å². The van der Waals surface area contributed by atoms with Crippen LogP contribution in [0, 0.1) is 20.2 Å². The molecule has 0 unspecified atom stereocenters. The van der Waals surface area contributed by atoms with Crippen molar-refractivity contribution in [2.45, 2.75) is 13.8 Å². The summed E-state index contributed by atoms with van der Waals surface area (Å²) in [6, 6.07) is 11.1. The van der Waals surface area contributed by atoms with E-state index in [0.717, 1.165) is 0 Å². The van der Waals surface area contributed by atoms with E-state index in [1.165, 1.54) is 58.3 Å².